The second kappa shape index (κ2) is 5.39. The predicted octanol–water partition coefficient (Wildman–Crippen LogP) is 0.378. The number of amides is 1. The number of nitrogens with one attached hydrogen (secondary N) is 2. The Hall–Kier alpha value is -1.56. The van der Waals surface area contributed by atoms with Crippen LogP contribution in [0.25, 0.3) is 0 Å². The standard InChI is InChI=1S/C12H21N5O/c1-3-9-10(13)11(16-15-9)12(18)14-8-4-6-17(2)7-5-8/h8H,3-7,13H2,1-2H3,(H,14,18)(H,15,16). The molecule has 0 unspecified atom stereocenters. The molecule has 4 N–H and O–H groups in total. The van der Waals surface area contributed by atoms with Crippen LogP contribution in [0.2, 0.25) is 0 Å². The maximum absolute atomic E-state index is 12.1. The summed E-state index contributed by atoms with van der Waals surface area (Å²) in [5.41, 5.74) is 7.50. The molecule has 0 saturated carbocycles. The van der Waals surface area contributed by atoms with Crippen molar-refractivity contribution in [3.8, 4) is 0 Å². The van der Waals surface area contributed by atoms with Gasteiger partial charge in [-0.25, -0.2) is 0 Å². The van der Waals surface area contributed by atoms with E-state index in [0.717, 1.165) is 38.0 Å². The van der Waals surface area contributed by atoms with Crippen LogP contribution in [-0.2, 0) is 6.42 Å². The van der Waals surface area contributed by atoms with Crippen molar-refractivity contribution in [3.63, 3.8) is 0 Å². The molecule has 0 atom stereocenters. The highest BCUT2D eigenvalue weighted by molar-refractivity contribution is 5.97. The number of rotatable bonds is 3. The first-order chi connectivity index (χ1) is 8.61. The number of aromatic amines is 1. The maximum Gasteiger partial charge on any atom is 0.274 e. The summed E-state index contributed by atoms with van der Waals surface area (Å²) in [7, 11) is 2.09. The number of hydrogen-bond acceptors (Lipinski definition) is 4. The number of carbonyl (C=O) groups is 1. The average Bonchev–Trinajstić information content (AvgIpc) is 2.73. The smallest absolute Gasteiger partial charge is 0.274 e. The van der Waals surface area contributed by atoms with Gasteiger partial charge in [0, 0.05) is 6.04 Å². The number of anilines is 1. The Bertz CT molecular complexity index is 420. The summed E-state index contributed by atoms with van der Waals surface area (Å²) in [6.45, 7) is 4.00. The summed E-state index contributed by atoms with van der Waals surface area (Å²) in [4.78, 5) is 14.3. The number of nitrogen functional groups attached to an aromatic ring is 1. The molecule has 1 aromatic rings. The van der Waals surface area contributed by atoms with E-state index in [1.165, 1.54) is 0 Å². The van der Waals surface area contributed by atoms with Crippen molar-refractivity contribution < 1.29 is 4.79 Å². The predicted molar refractivity (Wildman–Crippen MR) is 70.4 cm³/mol. The molecule has 6 heteroatoms. The lowest BCUT2D eigenvalue weighted by Gasteiger charge is -2.29. The molecule has 0 bridgehead atoms. The van der Waals surface area contributed by atoms with Crippen LogP contribution in [0, 0.1) is 0 Å². The van der Waals surface area contributed by atoms with Gasteiger partial charge in [-0.15, -0.1) is 0 Å². The van der Waals surface area contributed by atoms with Crippen LogP contribution < -0.4 is 11.1 Å². The lowest BCUT2D eigenvalue weighted by atomic mass is 10.1. The zero-order chi connectivity index (χ0) is 13.1. The molecular weight excluding hydrogens is 230 g/mol. The summed E-state index contributed by atoms with van der Waals surface area (Å²) in [5, 5.41) is 9.81. The Morgan fingerprint density at radius 1 is 1.56 bits per heavy atom. The van der Waals surface area contributed by atoms with Crippen LogP contribution in [0.1, 0.15) is 35.9 Å². The van der Waals surface area contributed by atoms with E-state index in [9.17, 15) is 4.79 Å². The third-order valence-corrected chi connectivity index (χ3v) is 3.51. The van der Waals surface area contributed by atoms with E-state index in [-0.39, 0.29) is 11.9 Å². The normalized spacial score (nSPS) is 17.9. The Balaban J connectivity index is 1.97. The van der Waals surface area contributed by atoms with Gasteiger partial charge in [-0.2, -0.15) is 5.10 Å². The van der Waals surface area contributed by atoms with Gasteiger partial charge in [0.05, 0.1) is 11.4 Å². The molecule has 2 rings (SSSR count). The van der Waals surface area contributed by atoms with Crippen molar-refractivity contribution in [1.29, 1.82) is 0 Å². The van der Waals surface area contributed by atoms with Crippen molar-refractivity contribution in [2.75, 3.05) is 25.9 Å². The fraction of sp³-hybridized carbons (Fsp3) is 0.667. The quantitative estimate of drug-likeness (QED) is 0.724. The molecule has 0 radical (unpaired) electrons. The molecule has 1 aliphatic rings. The van der Waals surface area contributed by atoms with Crippen LogP contribution in [0.5, 0.6) is 0 Å². The van der Waals surface area contributed by atoms with Crippen LogP contribution in [0.4, 0.5) is 5.69 Å². The third kappa shape index (κ3) is 2.64. The van der Waals surface area contributed by atoms with Crippen molar-refractivity contribution >= 4 is 11.6 Å². The van der Waals surface area contributed by atoms with Crippen molar-refractivity contribution in [1.82, 2.24) is 20.4 Å². The highest BCUT2D eigenvalue weighted by atomic mass is 16.2. The first-order valence-corrected chi connectivity index (χ1v) is 6.44. The van der Waals surface area contributed by atoms with E-state index in [4.69, 9.17) is 5.73 Å². The monoisotopic (exact) mass is 251 g/mol. The number of nitrogens with two attached hydrogens (primary N) is 1. The van der Waals surface area contributed by atoms with Gasteiger partial charge in [0.2, 0.25) is 0 Å². The molecular formula is C12H21N5O. The second-order valence-corrected chi connectivity index (χ2v) is 4.87. The van der Waals surface area contributed by atoms with E-state index in [1.807, 2.05) is 6.92 Å². The number of likely N-dealkylation sites (tertiary alicyclic amines) is 1. The van der Waals surface area contributed by atoms with E-state index < -0.39 is 0 Å². The minimum absolute atomic E-state index is 0.169. The number of nitrogens with zero attached hydrogens (tertiary/aromatic N) is 2. The molecule has 1 fully saturated rings. The van der Waals surface area contributed by atoms with Crippen molar-refractivity contribution in [3.05, 3.63) is 11.4 Å². The molecule has 100 valence electrons. The largest absolute Gasteiger partial charge is 0.395 e. The molecule has 1 aliphatic heterocycles. The lowest BCUT2D eigenvalue weighted by Crippen LogP contribution is -2.43. The zero-order valence-corrected chi connectivity index (χ0v) is 11.0. The minimum Gasteiger partial charge on any atom is -0.395 e. The van der Waals surface area contributed by atoms with E-state index >= 15 is 0 Å². The van der Waals surface area contributed by atoms with Crippen LogP contribution in [0.15, 0.2) is 0 Å². The fourth-order valence-electron chi connectivity index (χ4n) is 2.24. The number of piperidine rings is 1. The number of carbonyl (C=O) groups excluding carboxylic acids is 1. The van der Waals surface area contributed by atoms with Gasteiger partial charge in [0.15, 0.2) is 5.69 Å². The summed E-state index contributed by atoms with van der Waals surface area (Å²) in [5.74, 6) is -0.169. The molecule has 6 nitrogen and oxygen atoms in total. The molecule has 1 saturated heterocycles. The molecule has 18 heavy (non-hydrogen) atoms. The Morgan fingerprint density at radius 2 is 2.22 bits per heavy atom. The Labute approximate surface area is 107 Å². The van der Waals surface area contributed by atoms with Crippen LogP contribution in [-0.4, -0.2) is 47.2 Å². The molecule has 0 aromatic carbocycles. The number of aromatic nitrogens is 2. The average molecular weight is 251 g/mol. The highest BCUT2D eigenvalue weighted by Gasteiger charge is 2.22. The zero-order valence-electron chi connectivity index (χ0n) is 11.0. The van der Waals surface area contributed by atoms with Crippen molar-refractivity contribution in [2.24, 2.45) is 0 Å². The second-order valence-electron chi connectivity index (χ2n) is 4.87. The number of aryl methyl sites for hydroxylation is 1. The molecule has 1 amide bonds. The lowest BCUT2D eigenvalue weighted by molar-refractivity contribution is 0.0912. The van der Waals surface area contributed by atoms with Crippen LogP contribution >= 0.6 is 0 Å². The summed E-state index contributed by atoms with van der Waals surface area (Å²) < 4.78 is 0. The van der Waals surface area contributed by atoms with Gasteiger partial charge in [0.25, 0.3) is 5.91 Å². The van der Waals surface area contributed by atoms with Gasteiger partial charge in [-0.3, -0.25) is 9.89 Å². The van der Waals surface area contributed by atoms with Gasteiger partial charge in [-0.1, -0.05) is 6.92 Å². The third-order valence-electron chi connectivity index (χ3n) is 3.51. The van der Waals surface area contributed by atoms with Gasteiger partial charge in [0.1, 0.15) is 0 Å². The van der Waals surface area contributed by atoms with E-state index in [0.29, 0.717) is 11.4 Å². The summed E-state index contributed by atoms with van der Waals surface area (Å²) in [6.07, 6.45) is 2.71. The number of H-pyrrole nitrogens is 1. The first-order valence-electron chi connectivity index (χ1n) is 6.44. The van der Waals surface area contributed by atoms with E-state index in [2.05, 4.69) is 27.5 Å². The number of hydrogen-bond donors (Lipinski definition) is 3. The molecule has 0 aliphatic carbocycles. The van der Waals surface area contributed by atoms with Gasteiger partial charge >= 0.3 is 0 Å². The van der Waals surface area contributed by atoms with Gasteiger partial charge < -0.3 is 16.0 Å². The van der Waals surface area contributed by atoms with Crippen molar-refractivity contribution in [2.45, 2.75) is 32.2 Å². The summed E-state index contributed by atoms with van der Waals surface area (Å²) >= 11 is 0. The highest BCUT2D eigenvalue weighted by Crippen LogP contribution is 2.15. The maximum atomic E-state index is 12.1. The topological polar surface area (TPSA) is 87.0 Å². The SMILES string of the molecule is CCc1[nH]nc(C(=O)NC2CCN(C)CC2)c1N. The van der Waals surface area contributed by atoms with E-state index in [1.54, 1.807) is 0 Å². The molecule has 1 aromatic heterocycles. The molecule has 2 heterocycles. The Morgan fingerprint density at radius 3 is 2.78 bits per heavy atom. The minimum atomic E-state index is -0.169. The fourth-order valence-corrected chi connectivity index (χ4v) is 2.24. The first kappa shape index (κ1) is 12.9. The molecule has 0 spiro atoms. The Kier molecular flexibility index (Phi) is 3.86. The summed E-state index contributed by atoms with van der Waals surface area (Å²) in [6, 6.07) is 0.231. The van der Waals surface area contributed by atoms with Crippen LogP contribution in [0.3, 0.4) is 0 Å². The van der Waals surface area contributed by atoms with Gasteiger partial charge in [-0.05, 0) is 39.4 Å².